The maximum absolute atomic E-state index is 12.5. The first-order valence-electron chi connectivity index (χ1n) is 10.8. The normalized spacial score (nSPS) is 11.5. The average Bonchev–Trinajstić information content (AvgIpc) is 2.97. The molecule has 0 atom stereocenters. The third-order valence-corrected chi connectivity index (χ3v) is 5.57. The number of carbonyl (C=O) groups excluding carboxylic acids is 2. The van der Waals surface area contributed by atoms with Crippen LogP contribution in [0.5, 0.6) is 0 Å². The van der Waals surface area contributed by atoms with Crippen LogP contribution in [0.15, 0.2) is 24.3 Å². The van der Waals surface area contributed by atoms with Crippen LogP contribution in [0.2, 0.25) is 0 Å². The number of rotatable bonds is 9. The Morgan fingerprint density at radius 3 is 2.23 bits per heavy atom. The summed E-state index contributed by atoms with van der Waals surface area (Å²) in [5.74, 6) is -0.787. The van der Waals surface area contributed by atoms with Crippen molar-refractivity contribution in [2.24, 2.45) is 11.1 Å². The molecule has 0 saturated carbocycles. The molecule has 0 aliphatic carbocycles. The first kappa shape index (κ1) is 23.7. The molecule has 1 aromatic carbocycles. The van der Waals surface area contributed by atoms with Gasteiger partial charge in [0.05, 0.1) is 18.2 Å². The molecule has 0 aliphatic rings. The molecule has 0 aliphatic heterocycles. The molecule has 1 amide bonds. The van der Waals surface area contributed by atoms with Gasteiger partial charge in [-0.15, -0.1) is 0 Å². The average molecular weight is 413 g/mol. The van der Waals surface area contributed by atoms with Gasteiger partial charge in [0.15, 0.2) is 0 Å². The van der Waals surface area contributed by atoms with Gasteiger partial charge < -0.3 is 15.0 Å². The number of hydrogen-bond acceptors (Lipinski definition) is 3. The van der Waals surface area contributed by atoms with E-state index in [4.69, 9.17) is 10.5 Å². The van der Waals surface area contributed by atoms with Gasteiger partial charge in [-0.3, -0.25) is 4.79 Å². The Bertz CT molecular complexity index is 887. The van der Waals surface area contributed by atoms with Crippen LogP contribution < -0.4 is 5.73 Å². The molecule has 5 nitrogen and oxygen atoms in total. The van der Waals surface area contributed by atoms with Crippen LogP contribution in [0.4, 0.5) is 0 Å². The highest BCUT2D eigenvalue weighted by Crippen LogP contribution is 2.35. The summed E-state index contributed by atoms with van der Waals surface area (Å²) in [4.78, 5) is 24.3. The molecule has 1 aromatic heterocycles. The van der Waals surface area contributed by atoms with E-state index in [-0.39, 0.29) is 11.4 Å². The quantitative estimate of drug-likeness (QED) is 0.435. The second-order valence-corrected chi connectivity index (χ2v) is 9.13. The number of methoxy groups -OCH3 is 1. The predicted octanol–water partition coefficient (Wildman–Crippen LogP) is 5.52. The van der Waals surface area contributed by atoms with Crippen molar-refractivity contribution in [3.8, 4) is 11.1 Å². The van der Waals surface area contributed by atoms with Crippen molar-refractivity contribution < 1.29 is 14.3 Å². The van der Waals surface area contributed by atoms with Crippen LogP contribution in [-0.4, -0.2) is 23.6 Å². The SMILES string of the molecule is CCCCCc1c(-c2ccc(C(=O)OC)cc2)c(C(N)=O)c(C)n1CCC(C)(C)C. The Morgan fingerprint density at radius 1 is 1.10 bits per heavy atom. The zero-order chi connectivity index (χ0) is 22.5. The topological polar surface area (TPSA) is 74.3 Å². The smallest absolute Gasteiger partial charge is 0.337 e. The highest BCUT2D eigenvalue weighted by molar-refractivity contribution is 6.02. The van der Waals surface area contributed by atoms with Gasteiger partial charge in [-0.1, -0.05) is 52.7 Å². The highest BCUT2D eigenvalue weighted by atomic mass is 16.5. The highest BCUT2D eigenvalue weighted by Gasteiger charge is 2.25. The lowest BCUT2D eigenvalue weighted by Gasteiger charge is -2.21. The molecular weight excluding hydrogens is 376 g/mol. The van der Waals surface area contributed by atoms with Crippen LogP contribution in [0.3, 0.4) is 0 Å². The third kappa shape index (κ3) is 5.53. The van der Waals surface area contributed by atoms with Crippen molar-refractivity contribution in [1.29, 1.82) is 0 Å². The van der Waals surface area contributed by atoms with Gasteiger partial charge in [0.1, 0.15) is 0 Å². The molecule has 0 fully saturated rings. The molecule has 2 rings (SSSR count). The van der Waals surface area contributed by atoms with E-state index in [1.807, 2.05) is 19.1 Å². The number of amides is 1. The number of hydrogen-bond donors (Lipinski definition) is 1. The summed E-state index contributed by atoms with van der Waals surface area (Å²) in [5, 5.41) is 0. The monoisotopic (exact) mass is 412 g/mol. The number of unbranched alkanes of at least 4 members (excludes halogenated alkanes) is 2. The van der Waals surface area contributed by atoms with E-state index in [1.54, 1.807) is 12.1 Å². The first-order chi connectivity index (χ1) is 14.1. The number of nitrogens with zero attached hydrogens (tertiary/aromatic N) is 1. The second kappa shape index (κ2) is 9.96. The summed E-state index contributed by atoms with van der Waals surface area (Å²) in [7, 11) is 1.37. The largest absolute Gasteiger partial charge is 0.465 e. The summed E-state index contributed by atoms with van der Waals surface area (Å²) in [6.07, 6.45) is 5.22. The molecule has 0 radical (unpaired) electrons. The first-order valence-corrected chi connectivity index (χ1v) is 10.8. The van der Waals surface area contributed by atoms with Gasteiger partial charge in [0.25, 0.3) is 5.91 Å². The molecule has 5 heteroatoms. The van der Waals surface area contributed by atoms with Gasteiger partial charge in [-0.05, 0) is 49.3 Å². The summed E-state index contributed by atoms with van der Waals surface area (Å²) >= 11 is 0. The number of benzene rings is 1. The lowest BCUT2D eigenvalue weighted by atomic mass is 9.92. The molecule has 164 valence electrons. The Kier molecular flexibility index (Phi) is 7.88. The summed E-state index contributed by atoms with van der Waals surface area (Å²) in [5.41, 5.74) is 11.0. The minimum atomic E-state index is -0.411. The molecular formula is C25H36N2O3. The number of carbonyl (C=O) groups is 2. The summed E-state index contributed by atoms with van der Waals surface area (Å²) in [6, 6.07) is 7.24. The van der Waals surface area contributed by atoms with Crippen molar-refractivity contribution >= 4 is 11.9 Å². The maximum Gasteiger partial charge on any atom is 0.337 e. The molecule has 30 heavy (non-hydrogen) atoms. The Hall–Kier alpha value is -2.56. The fraction of sp³-hybridized carbons (Fsp3) is 0.520. The van der Waals surface area contributed by atoms with Crippen LogP contribution >= 0.6 is 0 Å². The van der Waals surface area contributed by atoms with E-state index in [9.17, 15) is 9.59 Å². The van der Waals surface area contributed by atoms with E-state index in [2.05, 4.69) is 32.3 Å². The molecule has 0 unspecified atom stereocenters. The molecule has 2 aromatic rings. The van der Waals surface area contributed by atoms with Crippen LogP contribution in [-0.2, 0) is 17.7 Å². The predicted molar refractivity (Wildman–Crippen MR) is 122 cm³/mol. The lowest BCUT2D eigenvalue weighted by molar-refractivity contribution is 0.0600. The Balaban J connectivity index is 2.62. The Labute approximate surface area is 180 Å². The summed E-state index contributed by atoms with van der Waals surface area (Å²) < 4.78 is 7.09. The van der Waals surface area contributed by atoms with Crippen molar-refractivity contribution in [1.82, 2.24) is 4.57 Å². The third-order valence-electron chi connectivity index (χ3n) is 5.57. The van der Waals surface area contributed by atoms with E-state index in [0.717, 1.165) is 61.2 Å². The number of ether oxygens (including phenoxy) is 1. The van der Waals surface area contributed by atoms with Crippen molar-refractivity contribution in [2.75, 3.05) is 7.11 Å². The van der Waals surface area contributed by atoms with E-state index in [0.29, 0.717) is 11.1 Å². The fourth-order valence-corrected chi connectivity index (χ4v) is 3.85. The molecule has 0 bridgehead atoms. The zero-order valence-corrected chi connectivity index (χ0v) is 19.3. The number of esters is 1. The van der Waals surface area contributed by atoms with E-state index in [1.165, 1.54) is 7.11 Å². The standard InChI is InChI=1S/C25H36N2O3/c1-7-8-9-10-20-22(18-11-13-19(14-12-18)24(29)30-6)21(23(26)28)17(2)27(20)16-15-25(3,4)5/h11-14H,7-10,15-16H2,1-6H3,(H2,26,28). The zero-order valence-electron chi connectivity index (χ0n) is 19.3. The van der Waals surface area contributed by atoms with Crippen LogP contribution in [0.1, 0.15) is 85.5 Å². The summed E-state index contributed by atoms with van der Waals surface area (Å²) in [6.45, 7) is 11.7. The molecule has 1 heterocycles. The van der Waals surface area contributed by atoms with Crippen molar-refractivity contribution in [3.63, 3.8) is 0 Å². The van der Waals surface area contributed by atoms with Gasteiger partial charge >= 0.3 is 5.97 Å². The van der Waals surface area contributed by atoms with Gasteiger partial charge in [0.2, 0.25) is 0 Å². The molecule has 0 spiro atoms. The second-order valence-electron chi connectivity index (χ2n) is 9.13. The maximum atomic E-state index is 12.5. The van der Waals surface area contributed by atoms with Gasteiger partial charge in [-0.2, -0.15) is 0 Å². The van der Waals surface area contributed by atoms with Crippen molar-refractivity contribution in [3.05, 3.63) is 46.8 Å². The number of primary amides is 1. The van der Waals surface area contributed by atoms with E-state index < -0.39 is 5.91 Å². The lowest BCUT2D eigenvalue weighted by Crippen LogP contribution is -2.15. The minimum Gasteiger partial charge on any atom is -0.465 e. The van der Waals surface area contributed by atoms with E-state index >= 15 is 0 Å². The van der Waals surface area contributed by atoms with Gasteiger partial charge in [0, 0.05) is 23.5 Å². The Morgan fingerprint density at radius 2 is 1.73 bits per heavy atom. The number of nitrogens with two attached hydrogens (primary N) is 1. The van der Waals surface area contributed by atoms with Crippen LogP contribution in [0.25, 0.3) is 11.1 Å². The molecule has 0 saturated heterocycles. The van der Waals surface area contributed by atoms with Crippen LogP contribution in [0, 0.1) is 12.3 Å². The number of aromatic nitrogens is 1. The van der Waals surface area contributed by atoms with Crippen molar-refractivity contribution in [2.45, 2.75) is 73.3 Å². The molecule has 2 N–H and O–H groups in total. The van der Waals surface area contributed by atoms with Gasteiger partial charge in [-0.25, -0.2) is 4.79 Å². The minimum absolute atomic E-state index is 0.187. The fourth-order valence-electron chi connectivity index (χ4n) is 3.85.